The highest BCUT2D eigenvalue weighted by atomic mass is 19.4. The first-order valence-electron chi connectivity index (χ1n) is 8.85. The molecule has 0 aromatic carbocycles. The van der Waals surface area contributed by atoms with Gasteiger partial charge in [-0.05, 0) is 25.1 Å². The van der Waals surface area contributed by atoms with Gasteiger partial charge in [0.25, 0.3) is 11.8 Å². The molecule has 1 unspecified atom stereocenters. The van der Waals surface area contributed by atoms with E-state index in [1.807, 2.05) is 0 Å². The van der Waals surface area contributed by atoms with Crippen LogP contribution in [0.15, 0.2) is 36.8 Å². The second-order valence-corrected chi connectivity index (χ2v) is 6.74. The van der Waals surface area contributed by atoms with E-state index >= 15 is 0 Å². The van der Waals surface area contributed by atoms with Crippen LogP contribution in [0.25, 0.3) is 11.3 Å². The van der Waals surface area contributed by atoms with Crippen LogP contribution in [-0.2, 0) is 6.54 Å². The van der Waals surface area contributed by atoms with Crippen molar-refractivity contribution in [1.29, 1.82) is 0 Å². The Morgan fingerprint density at radius 1 is 1.27 bits per heavy atom. The van der Waals surface area contributed by atoms with Crippen molar-refractivity contribution in [1.82, 2.24) is 19.7 Å². The van der Waals surface area contributed by atoms with E-state index in [0.29, 0.717) is 22.5 Å². The Balaban J connectivity index is 1.65. The van der Waals surface area contributed by atoms with Crippen molar-refractivity contribution in [2.75, 3.05) is 12.0 Å². The van der Waals surface area contributed by atoms with Gasteiger partial charge in [-0.15, -0.1) is 0 Å². The summed E-state index contributed by atoms with van der Waals surface area (Å²) in [6.45, 7) is 0.484. The lowest BCUT2D eigenvalue weighted by Crippen LogP contribution is -2.26. The minimum atomic E-state index is -4.42. The van der Waals surface area contributed by atoms with Crippen molar-refractivity contribution in [3.8, 4) is 22.9 Å². The molecule has 3 aromatic rings. The lowest BCUT2D eigenvalue weighted by Gasteiger charge is -2.19. The van der Waals surface area contributed by atoms with Gasteiger partial charge in [-0.2, -0.15) is 18.3 Å². The van der Waals surface area contributed by atoms with E-state index in [2.05, 4.69) is 15.1 Å². The van der Waals surface area contributed by atoms with Gasteiger partial charge in [-0.1, -0.05) is 0 Å². The van der Waals surface area contributed by atoms with Gasteiger partial charge < -0.3 is 9.84 Å². The molecule has 0 saturated heterocycles. The standard InChI is InChI=1S/C19H16F3N5O3/c1-10-16-13(3-4-14(25-16)11-5-15(28)17(30-2)23-6-11)18(29)27(10)12-7-24-26(8-12)9-19(20,21)22/h3-8,10,28H,9H2,1-2H3. The van der Waals surface area contributed by atoms with E-state index in [1.165, 1.54) is 36.7 Å². The largest absolute Gasteiger partial charge is 0.503 e. The molecule has 0 fully saturated rings. The van der Waals surface area contributed by atoms with E-state index in [-0.39, 0.29) is 23.2 Å². The fourth-order valence-corrected chi connectivity index (χ4v) is 3.39. The molecule has 0 aliphatic carbocycles. The molecule has 1 atom stereocenters. The van der Waals surface area contributed by atoms with Crippen molar-refractivity contribution < 1.29 is 27.8 Å². The summed E-state index contributed by atoms with van der Waals surface area (Å²) in [7, 11) is 1.38. The molecule has 0 spiro atoms. The summed E-state index contributed by atoms with van der Waals surface area (Å²) in [5.74, 6) is -0.454. The third-order valence-corrected chi connectivity index (χ3v) is 4.72. The molecule has 1 N–H and O–H groups in total. The number of pyridine rings is 2. The van der Waals surface area contributed by atoms with Crippen LogP contribution in [0, 0.1) is 0 Å². The minimum absolute atomic E-state index is 0.0745. The van der Waals surface area contributed by atoms with Crippen molar-refractivity contribution in [2.24, 2.45) is 0 Å². The summed E-state index contributed by atoms with van der Waals surface area (Å²) in [4.78, 5) is 22.7. The van der Waals surface area contributed by atoms with Crippen LogP contribution in [0.4, 0.5) is 18.9 Å². The number of fused-ring (bicyclic) bond motifs is 1. The molecule has 0 radical (unpaired) electrons. The number of anilines is 1. The topological polar surface area (TPSA) is 93.4 Å². The number of alkyl halides is 3. The van der Waals surface area contributed by atoms with Crippen LogP contribution >= 0.6 is 0 Å². The van der Waals surface area contributed by atoms with Gasteiger partial charge in [-0.25, -0.2) is 9.97 Å². The van der Waals surface area contributed by atoms with E-state index in [9.17, 15) is 23.1 Å². The molecule has 1 aliphatic rings. The summed E-state index contributed by atoms with van der Waals surface area (Å²) in [6.07, 6.45) is -0.534. The van der Waals surface area contributed by atoms with Crippen LogP contribution < -0.4 is 9.64 Å². The predicted molar refractivity (Wildman–Crippen MR) is 99.2 cm³/mol. The lowest BCUT2D eigenvalue weighted by molar-refractivity contribution is -0.142. The number of rotatable bonds is 4. The van der Waals surface area contributed by atoms with Gasteiger partial charge in [0.2, 0.25) is 0 Å². The predicted octanol–water partition coefficient (Wildman–Crippen LogP) is 3.34. The third kappa shape index (κ3) is 3.42. The molecule has 0 bridgehead atoms. The highest BCUT2D eigenvalue weighted by molar-refractivity contribution is 6.10. The number of hydrogen-bond acceptors (Lipinski definition) is 6. The molecule has 156 valence electrons. The average Bonchev–Trinajstić information content (AvgIpc) is 3.22. The van der Waals surface area contributed by atoms with Gasteiger partial charge in [0, 0.05) is 18.0 Å². The second kappa shape index (κ2) is 7.01. The zero-order valence-corrected chi connectivity index (χ0v) is 15.9. The summed E-state index contributed by atoms with van der Waals surface area (Å²) < 4.78 is 43.5. The fourth-order valence-electron chi connectivity index (χ4n) is 3.39. The average molecular weight is 419 g/mol. The number of aromatic nitrogens is 4. The Morgan fingerprint density at radius 3 is 2.70 bits per heavy atom. The van der Waals surface area contributed by atoms with E-state index in [0.717, 1.165) is 4.68 Å². The van der Waals surface area contributed by atoms with E-state index < -0.39 is 18.8 Å². The molecule has 1 amide bonds. The maximum Gasteiger partial charge on any atom is 0.408 e. The first-order chi connectivity index (χ1) is 14.2. The SMILES string of the molecule is COc1ncc(-c2ccc3c(n2)C(C)N(c2cnn(CC(F)(F)F)c2)C3=O)cc1O. The van der Waals surface area contributed by atoms with Gasteiger partial charge in [-0.3, -0.25) is 14.4 Å². The Morgan fingerprint density at radius 2 is 2.03 bits per heavy atom. The van der Waals surface area contributed by atoms with Crippen molar-refractivity contribution in [3.63, 3.8) is 0 Å². The van der Waals surface area contributed by atoms with E-state index in [1.54, 1.807) is 19.1 Å². The van der Waals surface area contributed by atoms with Crippen LogP contribution in [0.5, 0.6) is 11.6 Å². The Bertz CT molecular complexity index is 1130. The summed E-state index contributed by atoms with van der Waals surface area (Å²) in [5.41, 5.74) is 2.07. The number of carbonyl (C=O) groups excluding carboxylic acids is 1. The molecule has 4 rings (SSSR count). The van der Waals surface area contributed by atoms with Gasteiger partial charge in [0.05, 0.1) is 42.0 Å². The highest BCUT2D eigenvalue weighted by Gasteiger charge is 2.37. The minimum Gasteiger partial charge on any atom is -0.503 e. The lowest BCUT2D eigenvalue weighted by atomic mass is 10.1. The smallest absolute Gasteiger partial charge is 0.408 e. The summed E-state index contributed by atoms with van der Waals surface area (Å²) in [5, 5.41) is 13.7. The number of aromatic hydroxyl groups is 1. The fraction of sp³-hybridized carbons (Fsp3) is 0.263. The van der Waals surface area contributed by atoms with Gasteiger partial charge >= 0.3 is 6.18 Å². The molecular weight excluding hydrogens is 403 g/mol. The number of carbonyl (C=O) groups is 1. The van der Waals surface area contributed by atoms with Crippen molar-refractivity contribution in [2.45, 2.75) is 25.7 Å². The molecule has 30 heavy (non-hydrogen) atoms. The number of hydrogen-bond donors (Lipinski definition) is 1. The monoisotopic (exact) mass is 419 g/mol. The maximum atomic E-state index is 12.8. The number of halogens is 3. The first kappa shape index (κ1) is 19.7. The molecule has 8 nitrogen and oxygen atoms in total. The number of ether oxygens (including phenoxy) is 1. The van der Waals surface area contributed by atoms with Crippen LogP contribution in [0.1, 0.15) is 29.0 Å². The molecule has 1 aliphatic heterocycles. The molecule has 4 heterocycles. The van der Waals surface area contributed by atoms with Crippen molar-refractivity contribution >= 4 is 11.6 Å². The highest BCUT2D eigenvalue weighted by Crippen LogP contribution is 2.38. The summed E-state index contributed by atoms with van der Waals surface area (Å²) >= 11 is 0. The maximum absolute atomic E-state index is 12.8. The van der Waals surface area contributed by atoms with Crippen molar-refractivity contribution in [3.05, 3.63) is 48.0 Å². The second-order valence-electron chi connectivity index (χ2n) is 6.74. The number of nitrogens with zero attached hydrogens (tertiary/aromatic N) is 5. The van der Waals surface area contributed by atoms with Crippen LogP contribution in [0.3, 0.4) is 0 Å². The first-order valence-corrected chi connectivity index (χ1v) is 8.85. The quantitative estimate of drug-likeness (QED) is 0.697. The molecular formula is C19H16F3N5O3. The Labute approximate surface area is 168 Å². The zero-order chi connectivity index (χ0) is 21.6. The summed E-state index contributed by atoms with van der Waals surface area (Å²) in [6, 6.07) is 4.14. The van der Waals surface area contributed by atoms with Gasteiger partial charge in [0.15, 0.2) is 5.75 Å². The van der Waals surface area contributed by atoms with Crippen LogP contribution in [0.2, 0.25) is 0 Å². The zero-order valence-electron chi connectivity index (χ0n) is 15.9. The number of methoxy groups -OCH3 is 1. The Kier molecular flexibility index (Phi) is 4.60. The van der Waals surface area contributed by atoms with E-state index in [4.69, 9.17) is 4.74 Å². The molecule has 11 heteroatoms. The van der Waals surface area contributed by atoms with Gasteiger partial charge in [0.1, 0.15) is 6.54 Å². The Hall–Kier alpha value is -3.63. The normalized spacial score (nSPS) is 16.1. The molecule has 3 aromatic heterocycles. The number of amides is 1. The van der Waals surface area contributed by atoms with Crippen LogP contribution in [-0.4, -0.2) is 44.0 Å². The molecule has 0 saturated carbocycles. The third-order valence-electron chi connectivity index (χ3n) is 4.72.